The van der Waals surface area contributed by atoms with E-state index in [-0.39, 0.29) is 0 Å². The Hall–Kier alpha value is -0.960. The molecule has 3 heteroatoms. The van der Waals surface area contributed by atoms with Crippen LogP contribution < -0.4 is 4.74 Å². The first-order valence-corrected chi connectivity index (χ1v) is 7.58. The third kappa shape index (κ3) is 3.77. The lowest BCUT2D eigenvalue weighted by atomic mass is 10.0. The van der Waals surface area contributed by atoms with Crippen LogP contribution in [0, 0.1) is 0 Å². The minimum Gasteiger partial charge on any atom is -0.493 e. The van der Waals surface area contributed by atoms with Gasteiger partial charge in [0.1, 0.15) is 11.5 Å². The monoisotopic (exact) mass is 264 g/mol. The van der Waals surface area contributed by atoms with Crippen molar-refractivity contribution in [3.05, 3.63) is 29.3 Å². The molecule has 0 aliphatic carbocycles. The number of ether oxygens (including phenoxy) is 1. The Bertz CT molecular complexity index is 427. The average Bonchev–Trinajstić information content (AvgIpc) is 2.81. The molecular weight excluding hydrogens is 244 g/mol. The van der Waals surface area contributed by atoms with Crippen molar-refractivity contribution in [2.75, 3.05) is 12.4 Å². The molecule has 0 aromatic heterocycles. The lowest BCUT2D eigenvalue weighted by Crippen LogP contribution is -2.05. The van der Waals surface area contributed by atoms with Crippen molar-refractivity contribution < 1.29 is 9.53 Å². The topological polar surface area (TPSA) is 26.3 Å². The number of benzene rings is 1. The van der Waals surface area contributed by atoms with Crippen molar-refractivity contribution in [3.63, 3.8) is 0 Å². The molecule has 0 bridgehead atoms. The fourth-order valence-electron chi connectivity index (χ4n) is 2.01. The third-order valence-electron chi connectivity index (χ3n) is 3.02. The van der Waals surface area contributed by atoms with E-state index in [9.17, 15) is 4.79 Å². The van der Waals surface area contributed by atoms with E-state index >= 15 is 0 Å². The van der Waals surface area contributed by atoms with Gasteiger partial charge >= 0.3 is 0 Å². The summed E-state index contributed by atoms with van der Waals surface area (Å²) in [5, 5.41) is 0.533. The van der Waals surface area contributed by atoms with Gasteiger partial charge in [-0.05, 0) is 28.9 Å². The number of Topliss-reactive ketones (excluding diaryl/α,β-unsaturated/α-hetero) is 1. The highest BCUT2D eigenvalue weighted by atomic mass is 32.2. The number of thioether (sulfide) groups is 1. The van der Waals surface area contributed by atoms with Crippen LogP contribution in [0.25, 0.3) is 0 Å². The first-order chi connectivity index (χ1) is 8.65. The standard InChI is InChI=1S/C15H20O2S/c1-11(2)18-10-14(16)5-3-12-4-6-15-13(9-12)7-8-17-15/h4,6,9,11H,3,5,7-8,10H2,1-2H3. The summed E-state index contributed by atoms with van der Waals surface area (Å²) < 4.78 is 5.47. The van der Waals surface area contributed by atoms with Crippen LogP contribution in [0.5, 0.6) is 5.75 Å². The second kappa shape index (κ2) is 6.28. The van der Waals surface area contributed by atoms with E-state index in [1.54, 1.807) is 11.8 Å². The van der Waals surface area contributed by atoms with Crippen LogP contribution in [-0.2, 0) is 17.6 Å². The molecule has 0 unspecified atom stereocenters. The van der Waals surface area contributed by atoms with Crippen LogP contribution in [0.15, 0.2) is 18.2 Å². The number of ketones is 1. The maximum atomic E-state index is 11.7. The van der Waals surface area contributed by atoms with Gasteiger partial charge in [0, 0.05) is 12.8 Å². The molecule has 0 saturated carbocycles. The van der Waals surface area contributed by atoms with Gasteiger partial charge in [0.2, 0.25) is 0 Å². The van der Waals surface area contributed by atoms with Gasteiger partial charge in [0.25, 0.3) is 0 Å². The third-order valence-corrected chi connectivity index (χ3v) is 4.18. The second-order valence-electron chi connectivity index (χ2n) is 4.94. The highest BCUT2D eigenvalue weighted by Crippen LogP contribution is 2.26. The summed E-state index contributed by atoms with van der Waals surface area (Å²) >= 11 is 1.73. The Morgan fingerprint density at radius 3 is 3.06 bits per heavy atom. The summed E-state index contributed by atoms with van der Waals surface area (Å²) in [6.07, 6.45) is 2.50. The number of hydrogen-bond acceptors (Lipinski definition) is 3. The van der Waals surface area contributed by atoms with Crippen LogP contribution in [0.1, 0.15) is 31.4 Å². The normalized spacial score (nSPS) is 13.5. The molecule has 1 heterocycles. The summed E-state index contributed by atoms with van der Waals surface area (Å²) in [4.78, 5) is 11.7. The second-order valence-corrected chi connectivity index (χ2v) is 6.50. The van der Waals surface area contributed by atoms with Crippen molar-refractivity contribution in [2.45, 2.75) is 38.4 Å². The van der Waals surface area contributed by atoms with Gasteiger partial charge in [-0.3, -0.25) is 4.79 Å². The van der Waals surface area contributed by atoms with Crippen molar-refractivity contribution in [2.24, 2.45) is 0 Å². The number of rotatable bonds is 6. The van der Waals surface area contributed by atoms with Gasteiger partial charge < -0.3 is 4.74 Å². The zero-order chi connectivity index (χ0) is 13.0. The summed E-state index contributed by atoms with van der Waals surface area (Å²) in [5.74, 6) is 2.01. The Morgan fingerprint density at radius 2 is 2.28 bits per heavy atom. The van der Waals surface area contributed by atoms with Gasteiger partial charge in [0.15, 0.2) is 0 Å². The lowest BCUT2D eigenvalue weighted by molar-refractivity contribution is -0.116. The van der Waals surface area contributed by atoms with Crippen LogP contribution in [-0.4, -0.2) is 23.4 Å². The molecule has 0 saturated heterocycles. The van der Waals surface area contributed by atoms with Crippen LogP contribution in [0.4, 0.5) is 0 Å². The van der Waals surface area contributed by atoms with Crippen molar-refractivity contribution in [1.29, 1.82) is 0 Å². The smallest absolute Gasteiger partial charge is 0.143 e. The van der Waals surface area contributed by atoms with E-state index in [2.05, 4.69) is 26.0 Å². The Balaban J connectivity index is 1.81. The van der Waals surface area contributed by atoms with E-state index in [4.69, 9.17) is 4.74 Å². The molecule has 0 N–H and O–H groups in total. The molecule has 1 aliphatic heterocycles. The summed E-state index contributed by atoms with van der Waals surface area (Å²) in [6, 6.07) is 6.29. The Morgan fingerprint density at radius 1 is 1.44 bits per heavy atom. The van der Waals surface area contributed by atoms with Crippen molar-refractivity contribution in [1.82, 2.24) is 0 Å². The number of aryl methyl sites for hydroxylation is 1. The van der Waals surface area contributed by atoms with Gasteiger partial charge in [-0.2, -0.15) is 11.8 Å². The summed E-state index contributed by atoms with van der Waals surface area (Å²) in [7, 11) is 0. The first-order valence-electron chi connectivity index (χ1n) is 6.53. The fourth-order valence-corrected chi connectivity index (χ4v) is 2.67. The molecule has 0 fully saturated rings. The quantitative estimate of drug-likeness (QED) is 0.789. The highest BCUT2D eigenvalue weighted by Gasteiger charge is 2.12. The molecule has 0 radical (unpaired) electrons. The molecule has 18 heavy (non-hydrogen) atoms. The molecule has 1 aromatic rings. The number of carbonyl (C=O) groups is 1. The maximum absolute atomic E-state index is 11.7. The van der Waals surface area contributed by atoms with Crippen LogP contribution in [0.3, 0.4) is 0 Å². The number of carbonyl (C=O) groups excluding carboxylic acids is 1. The SMILES string of the molecule is CC(C)SCC(=O)CCc1ccc2c(c1)CCO2. The molecule has 0 amide bonds. The van der Waals surface area contributed by atoms with E-state index in [1.165, 1.54) is 11.1 Å². The Kier molecular flexibility index (Phi) is 4.70. The number of hydrogen-bond donors (Lipinski definition) is 0. The van der Waals surface area contributed by atoms with E-state index < -0.39 is 0 Å². The predicted molar refractivity (Wildman–Crippen MR) is 76.6 cm³/mol. The number of fused-ring (bicyclic) bond motifs is 1. The molecule has 0 atom stereocenters. The van der Waals surface area contributed by atoms with Crippen molar-refractivity contribution >= 4 is 17.5 Å². The molecule has 2 nitrogen and oxygen atoms in total. The largest absolute Gasteiger partial charge is 0.493 e. The lowest BCUT2D eigenvalue weighted by Gasteiger charge is -2.05. The minimum atomic E-state index is 0.352. The van der Waals surface area contributed by atoms with Gasteiger partial charge in [-0.15, -0.1) is 0 Å². The molecule has 2 rings (SSSR count). The zero-order valence-electron chi connectivity index (χ0n) is 11.1. The van der Waals surface area contributed by atoms with Gasteiger partial charge in [-0.1, -0.05) is 26.0 Å². The van der Waals surface area contributed by atoms with E-state index in [0.29, 0.717) is 23.2 Å². The Labute approximate surface area is 113 Å². The van der Waals surface area contributed by atoms with Crippen LogP contribution in [0.2, 0.25) is 0 Å². The van der Waals surface area contributed by atoms with E-state index in [1.807, 2.05) is 6.07 Å². The predicted octanol–water partition coefficient (Wildman–Crippen LogP) is 3.26. The zero-order valence-corrected chi connectivity index (χ0v) is 11.9. The van der Waals surface area contributed by atoms with Gasteiger partial charge in [-0.25, -0.2) is 0 Å². The van der Waals surface area contributed by atoms with Crippen LogP contribution >= 0.6 is 11.8 Å². The molecule has 98 valence electrons. The van der Waals surface area contributed by atoms with E-state index in [0.717, 1.165) is 25.2 Å². The summed E-state index contributed by atoms with van der Waals surface area (Å²) in [5.41, 5.74) is 2.54. The maximum Gasteiger partial charge on any atom is 0.143 e. The molecule has 1 aliphatic rings. The highest BCUT2D eigenvalue weighted by molar-refractivity contribution is 8.00. The summed E-state index contributed by atoms with van der Waals surface area (Å²) in [6.45, 7) is 5.04. The first kappa shape index (κ1) is 13.5. The molecule has 0 spiro atoms. The fraction of sp³-hybridized carbons (Fsp3) is 0.533. The molecular formula is C15H20O2S. The van der Waals surface area contributed by atoms with Crippen molar-refractivity contribution in [3.8, 4) is 5.75 Å². The minimum absolute atomic E-state index is 0.352. The van der Waals surface area contributed by atoms with Gasteiger partial charge in [0.05, 0.1) is 12.4 Å². The molecule has 1 aromatic carbocycles. The average molecular weight is 264 g/mol.